The third kappa shape index (κ3) is 4.73. The highest BCUT2D eigenvalue weighted by Crippen LogP contribution is 2.29. The molecule has 29 heavy (non-hydrogen) atoms. The molecule has 2 saturated heterocycles. The van der Waals surface area contributed by atoms with Gasteiger partial charge in [0.05, 0.1) is 7.11 Å². The number of anilines is 1. The SMILES string of the molecule is COc1ccccc1OC1CCN(CCc2ccccc2N2CCCCC2=O)C1. The summed E-state index contributed by atoms with van der Waals surface area (Å²) in [6.07, 6.45) is 4.92. The number of methoxy groups -OCH3 is 1. The van der Waals surface area contributed by atoms with Crippen molar-refractivity contribution in [3.05, 3.63) is 54.1 Å². The summed E-state index contributed by atoms with van der Waals surface area (Å²) in [5.74, 6) is 1.86. The van der Waals surface area contributed by atoms with Crippen LogP contribution < -0.4 is 14.4 Å². The number of piperidine rings is 1. The number of hydrogen-bond acceptors (Lipinski definition) is 4. The molecule has 2 aromatic rings. The summed E-state index contributed by atoms with van der Waals surface area (Å²) in [7, 11) is 1.67. The molecule has 5 nitrogen and oxygen atoms in total. The van der Waals surface area contributed by atoms with Crippen molar-refractivity contribution in [2.45, 2.75) is 38.2 Å². The van der Waals surface area contributed by atoms with Gasteiger partial charge in [0, 0.05) is 38.3 Å². The summed E-state index contributed by atoms with van der Waals surface area (Å²) >= 11 is 0. The standard InChI is InChI=1S/C24H30N2O3/c1-28-22-10-4-5-11-23(22)29-20-14-17-25(18-20)16-13-19-8-2-3-9-21(19)26-15-7-6-12-24(26)27/h2-5,8-11,20H,6-7,12-18H2,1H3. The van der Waals surface area contributed by atoms with E-state index in [1.807, 2.05) is 35.2 Å². The van der Waals surface area contributed by atoms with Gasteiger partial charge in [-0.05, 0) is 49.4 Å². The van der Waals surface area contributed by atoms with Gasteiger partial charge >= 0.3 is 0 Å². The number of nitrogens with zero attached hydrogens (tertiary/aromatic N) is 2. The van der Waals surface area contributed by atoms with Gasteiger partial charge < -0.3 is 14.4 Å². The Kier molecular flexibility index (Phi) is 6.35. The van der Waals surface area contributed by atoms with Crippen LogP contribution >= 0.6 is 0 Å². The molecule has 0 bridgehead atoms. The maximum atomic E-state index is 12.4. The Bertz CT molecular complexity index is 838. The molecule has 1 atom stereocenters. The van der Waals surface area contributed by atoms with Gasteiger partial charge in [-0.25, -0.2) is 0 Å². The van der Waals surface area contributed by atoms with Gasteiger partial charge in [0.2, 0.25) is 5.91 Å². The molecule has 2 heterocycles. The molecule has 2 fully saturated rings. The van der Waals surface area contributed by atoms with E-state index in [1.165, 1.54) is 5.56 Å². The van der Waals surface area contributed by atoms with Gasteiger partial charge in [-0.1, -0.05) is 30.3 Å². The molecule has 0 N–H and O–H groups in total. The normalized spacial score (nSPS) is 20.1. The van der Waals surface area contributed by atoms with E-state index in [0.29, 0.717) is 6.42 Å². The first-order chi connectivity index (χ1) is 14.2. The van der Waals surface area contributed by atoms with E-state index in [1.54, 1.807) is 7.11 Å². The molecule has 5 heteroatoms. The van der Waals surface area contributed by atoms with Crippen molar-refractivity contribution in [3.63, 3.8) is 0 Å². The lowest BCUT2D eigenvalue weighted by molar-refractivity contribution is -0.119. The molecule has 2 aromatic carbocycles. The summed E-state index contributed by atoms with van der Waals surface area (Å²) in [6, 6.07) is 16.2. The lowest BCUT2D eigenvalue weighted by Gasteiger charge is -2.29. The average Bonchev–Trinajstić information content (AvgIpc) is 3.21. The highest BCUT2D eigenvalue weighted by molar-refractivity contribution is 5.94. The number of para-hydroxylation sites is 3. The monoisotopic (exact) mass is 394 g/mol. The van der Waals surface area contributed by atoms with Crippen molar-refractivity contribution in [2.24, 2.45) is 0 Å². The van der Waals surface area contributed by atoms with Crippen LogP contribution in [0, 0.1) is 0 Å². The minimum absolute atomic E-state index is 0.185. The predicted octanol–water partition coefficient (Wildman–Crippen LogP) is 3.91. The summed E-state index contributed by atoms with van der Waals surface area (Å²) in [6.45, 7) is 3.77. The predicted molar refractivity (Wildman–Crippen MR) is 115 cm³/mol. The largest absolute Gasteiger partial charge is 0.493 e. The Labute approximate surface area is 173 Å². The second-order valence-corrected chi connectivity index (χ2v) is 7.86. The molecule has 0 spiro atoms. The maximum Gasteiger partial charge on any atom is 0.226 e. The molecule has 154 valence electrons. The average molecular weight is 395 g/mol. The number of rotatable bonds is 7. The molecule has 0 aromatic heterocycles. The Morgan fingerprint density at radius 3 is 2.62 bits per heavy atom. The van der Waals surface area contributed by atoms with E-state index in [4.69, 9.17) is 9.47 Å². The third-order valence-electron chi connectivity index (χ3n) is 5.90. The molecular formula is C24H30N2O3. The highest BCUT2D eigenvalue weighted by Gasteiger charge is 2.26. The second kappa shape index (κ2) is 9.31. The first-order valence-electron chi connectivity index (χ1n) is 10.6. The van der Waals surface area contributed by atoms with Crippen molar-refractivity contribution in [3.8, 4) is 11.5 Å². The van der Waals surface area contributed by atoms with Crippen LogP contribution in [-0.4, -0.2) is 50.2 Å². The minimum atomic E-state index is 0.185. The van der Waals surface area contributed by atoms with Gasteiger partial charge in [0.15, 0.2) is 11.5 Å². The summed E-state index contributed by atoms with van der Waals surface area (Å²) < 4.78 is 11.6. The molecule has 1 unspecified atom stereocenters. The van der Waals surface area contributed by atoms with E-state index in [2.05, 4.69) is 23.1 Å². The molecule has 0 radical (unpaired) electrons. The number of amides is 1. The van der Waals surface area contributed by atoms with Crippen LogP contribution in [0.2, 0.25) is 0 Å². The van der Waals surface area contributed by atoms with Gasteiger partial charge in [0.25, 0.3) is 0 Å². The molecule has 0 saturated carbocycles. The van der Waals surface area contributed by atoms with Crippen molar-refractivity contribution in [2.75, 3.05) is 38.2 Å². The molecule has 0 aliphatic carbocycles. The van der Waals surface area contributed by atoms with Crippen molar-refractivity contribution >= 4 is 11.6 Å². The zero-order valence-electron chi connectivity index (χ0n) is 17.2. The molecule has 2 aliphatic heterocycles. The van der Waals surface area contributed by atoms with Crippen LogP contribution in [-0.2, 0) is 11.2 Å². The number of carbonyl (C=O) groups is 1. The zero-order chi connectivity index (χ0) is 20.1. The van der Waals surface area contributed by atoms with Crippen LogP contribution in [0.4, 0.5) is 5.69 Å². The van der Waals surface area contributed by atoms with Gasteiger partial charge in [0.1, 0.15) is 6.10 Å². The number of ether oxygens (including phenoxy) is 2. The summed E-state index contributed by atoms with van der Waals surface area (Å²) in [5, 5.41) is 0. The smallest absolute Gasteiger partial charge is 0.226 e. The first-order valence-corrected chi connectivity index (χ1v) is 10.6. The van der Waals surface area contributed by atoms with Crippen molar-refractivity contribution in [1.29, 1.82) is 0 Å². The number of hydrogen-bond donors (Lipinski definition) is 0. The zero-order valence-corrected chi connectivity index (χ0v) is 17.2. The topological polar surface area (TPSA) is 42.0 Å². The van der Waals surface area contributed by atoms with Gasteiger partial charge in [-0.2, -0.15) is 0 Å². The van der Waals surface area contributed by atoms with Crippen molar-refractivity contribution in [1.82, 2.24) is 4.90 Å². The molecule has 2 aliphatic rings. The van der Waals surface area contributed by atoms with Crippen molar-refractivity contribution < 1.29 is 14.3 Å². The van der Waals surface area contributed by atoms with E-state index < -0.39 is 0 Å². The van der Waals surface area contributed by atoms with Gasteiger partial charge in [-0.3, -0.25) is 9.69 Å². The maximum absolute atomic E-state index is 12.4. The molecule has 1 amide bonds. The fourth-order valence-corrected chi connectivity index (χ4v) is 4.32. The quantitative estimate of drug-likeness (QED) is 0.714. The van der Waals surface area contributed by atoms with Crippen LogP contribution in [0.25, 0.3) is 0 Å². The van der Waals surface area contributed by atoms with E-state index in [0.717, 1.165) is 69.0 Å². The van der Waals surface area contributed by atoms with E-state index in [-0.39, 0.29) is 12.0 Å². The summed E-state index contributed by atoms with van der Waals surface area (Å²) in [4.78, 5) is 16.8. The molecule has 4 rings (SSSR count). The molecular weight excluding hydrogens is 364 g/mol. The van der Waals surface area contributed by atoms with E-state index >= 15 is 0 Å². The van der Waals surface area contributed by atoms with E-state index in [9.17, 15) is 4.79 Å². The van der Waals surface area contributed by atoms with Crippen LogP contribution in [0.1, 0.15) is 31.2 Å². The Morgan fingerprint density at radius 2 is 1.79 bits per heavy atom. The number of carbonyl (C=O) groups excluding carboxylic acids is 1. The van der Waals surface area contributed by atoms with Crippen LogP contribution in [0.3, 0.4) is 0 Å². The fourth-order valence-electron chi connectivity index (χ4n) is 4.32. The Hall–Kier alpha value is -2.53. The highest BCUT2D eigenvalue weighted by atomic mass is 16.5. The summed E-state index contributed by atoms with van der Waals surface area (Å²) in [5.41, 5.74) is 2.36. The Morgan fingerprint density at radius 1 is 1.00 bits per heavy atom. The minimum Gasteiger partial charge on any atom is -0.493 e. The van der Waals surface area contributed by atoms with Crippen LogP contribution in [0.15, 0.2) is 48.5 Å². The fraction of sp³-hybridized carbons (Fsp3) is 0.458. The third-order valence-corrected chi connectivity index (χ3v) is 5.90. The lowest BCUT2D eigenvalue weighted by Crippen LogP contribution is -2.36. The lowest BCUT2D eigenvalue weighted by atomic mass is 10.0. The Balaban J connectivity index is 1.34. The second-order valence-electron chi connectivity index (χ2n) is 7.86. The first kappa shape index (κ1) is 19.8. The van der Waals surface area contributed by atoms with Gasteiger partial charge in [-0.15, -0.1) is 0 Å². The number of benzene rings is 2. The van der Waals surface area contributed by atoms with Crippen LogP contribution in [0.5, 0.6) is 11.5 Å². The number of likely N-dealkylation sites (tertiary alicyclic amines) is 1.